The van der Waals surface area contributed by atoms with Crippen LogP contribution in [0.3, 0.4) is 0 Å². The zero-order valence-corrected chi connectivity index (χ0v) is 12.3. The van der Waals surface area contributed by atoms with Gasteiger partial charge in [0.05, 0.1) is 0 Å². The van der Waals surface area contributed by atoms with E-state index < -0.39 is 0 Å². The molecule has 0 saturated heterocycles. The molecule has 0 aliphatic heterocycles. The summed E-state index contributed by atoms with van der Waals surface area (Å²) in [4.78, 5) is 0. The van der Waals surface area contributed by atoms with Gasteiger partial charge in [0, 0.05) is 0 Å². The standard InChI is InChI=1S/C20H15.Li/c1-2-6-15(7-3-1)12-16-10-11-20-18(13-16)14-17-8-4-5-9-19(17)20;/h1-11H,12,14H2;/q-1;+1. The largest absolute Gasteiger partial charge is 1.00 e. The van der Waals surface area contributed by atoms with Crippen LogP contribution in [0.1, 0.15) is 22.3 Å². The monoisotopic (exact) mass is 262 g/mol. The SMILES string of the molecule is [Li+].[c-]1c(Cc2ccccc2)ccc2c1Cc1ccccc1-2. The van der Waals surface area contributed by atoms with Gasteiger partial charge in [0.2, 0.25) is 0 Å². The van der Waals surface area contributed by atoms with E-state index in [1.54, 1.807) is 0 Å². The van der Waals surface area contributed by atoms with Gasteiger partial charge in [0.15, 0.2) is 0 Å². The molecule has 1 heteroatoms. The number of hydrogen-bond donors (Lipinski definition) is 0. The second kappa shape index (κ2) is 5.94. The van der Waals surface area contributed by atoms with Gasteiger partial charge in [-0.3, -0.25) is 0 Å². The fourth-order valence-corrected chi connectivity index (χ4v) is 3.03. The number of rotatable bonds is 2. The molecule has 0 nitrogen and oxygen atoms in total. The number of fused-ring (bicyclic) bond motifs is 3. The molecule has 0 aromatic heterocycles. The van der Waals surface area contributed by atoms with Crippen LogP contribution >= 0.6 is 0 Å². The summed E-state index contributed by atoms with van der Waals surface area (Å²) in [5.41, 5.74) is 8.14. The Morgan fingerprint density at radius 3 is 2.38 bits per heavy atom. The summed E-state index contributed by atoms with van der Waals surface area (Å²) in [6.45, 7) is 0. The van der Waals surface area contributed by atoms with E-state index in [4.69, 9.17) is 0 Å². The third-order valence-electron chi connectivity index (χ3n) is 4.00. The molecular weight excluding hydrogens is 247 g/mol. The predicted octanol–water partition coefficient (Wildman–Crippen LogP) is 1.65. The first kappa shape index (κ1) is 14.2. The average Bonchev–Trinajstić information content (AvgIpc) is 2.86. The van der Waals surface area contributed by atoms with E-state index >= 15 is 0 Å². The van der Waals surface area contributed by atoms with Gasteiger partial charge >= 0.3 is 18.9 Å². The summed E-state index contributed by atoms with van der Waals surface area (Å²) in [6, 6.07) is 27.4. The molecule has 0 N–H and O–H groups in total. The van der Waals surface area contributed by atoms with E-state index in [0.717, 1.165) is 12.8 Å². The van der Waals surface area contributed by atoms with Crippen molar-refractivity contribution in [3.05, 3.63) is 95.1 Å². The second-order valence-electron chi connectivity index (χ2n) is 5.37. The Bertz CT molecular complexity index is 760. The summed E-state index contributed by atoms with van der Waals surface area (Å²) in [5.74, 6) is 0. The van der Waals surface area contributed by atoms with Gasteiger partial charge in [-0.2, -0.15) is 23.8 Å². The van der Waals surface area contributed by atoms with E-state index in [9.17, 15) is 0 Å². The third-order valence-corrected chi connectivity index (χ3v) is 4.00. The molecule has 0 bridgehead atoms. The van der Waals surface area contributed by atoms with Crippen molar-refractivity contribution in [2.45, 2.75) is 12.8 Å². The number of benzene rings is 3. The van der Waals surface area contributed by atoms with Crippen molar-refractivity contribution >= 4 is 0 Å². The Labute approximate surface area is 138 Å². The van der Waals surface area contributed by atoms with Crippen molar-refractivity contribution in [1.29, 1.82) is 0 Å². The molecule has 0 fully saturated rings. The molecule has 0 unspecified atom stereocenters. The van der Waals surface area contributed by atoms with Gasteiger partial charge in [-0.15, -0.1) is 11.1 Å². The van der Waals surface area contributed by atoms with Gasteiger partial charge in [-0.1, -0.05) is 65.7 Å². The van der Waals surface area contributed by atoms with Gasteiger partial charge in [0.1, 0.15) is 0 Å². The molecule has 1 aliphatic carbocycles. The Balaban J connectivity index is 0.00000132. The average molecular weight is 262 g/mol. The van der Waals surface area contributed by atoms with Gasteiger partial charge in [0.25, 0.3) is 0 Å². The fraction of sp³-hybridized carbons (Fsp3) is 0.100. The maximum absolute atomic E-state index is 3.62. The van der Waals surface area contributed by atoms with E-state index in [1.165, 1.54) is 33.4 Å². The van der Waals surface area contributed by atoms with Gasteiger partial charge < -0.3 is 0 Å². The molecule has 0 heterocycles. The molecule has 3 aromatic carbocycles. The quantitative estimate of drug-likeness (QED) is 0.381. The summed E-state index contributed by atoms with van der Waals surface area (Å²) in [7, 11) is 0. The number of hydrogen-bond acceptors (Lipinski definition) is 0. The summed E-state index contributed by atoms with van der Waals surface area (Å²) < 4.78 is 0. The smallest absolute Gasteiger partial charge is 0.176 e. The molecule has 0 saturated carbocycles. The summed E-state index contributed by atoms with van der Waals surface area (Å²) in [6.07, 6.45) is 1.98. The fourth-order valence-electron chi connectivity index (χ4n) is 3.03. The first-order valence-electron chi connectivity index (χ1n) is 7.06. The van der Waals surface area contributed by atoms with Gasteiger partial charge in [-0.05, 0) is 18.4 Å². The zero-order valence-electron chi connectivity index (χ0n) is 12.3. The van der Waals surface area contributed by atoms with Crippen molar-refractivity contribution in [3.8, 4) is 11.1 Å². The van der Waals surface area contributed by atoms with Crippen LogP contribution in [0.4, 0.5) is 0 Å². The normalized spacial score (nSPS) is 11.4. The van der Waals surface area contributed by atoms with Crippen LogP contribution in [0.2, 0.25) is 0 Å². The van der Waals surface area contributed by atoms with Gasteiger partial charge in [-0.25, -0.2) is 0 Å². The Morgan fingerprint density at radius 2 is 1.52 bits per heavy atom. The maximum Gasteiger partial charge on any atom is 1.00 e. The summed E-state index contributed by atoms with van der Waals surface area (Å²) >= 11 is 0. The molecular formula is C20H15Li. The van der Waals surface area contributed by atoms with E-state index in [1.807, 2.05) is 0 Å². The minimum Gasteiger partial charge on any atom is -0.176 e. The molecule has 1 aliphatic rings. The van der Waals surface area contributed by atoms with Crippen LogP contribution in [0, 0.1) is 6.07 Å². The third kappa shape index (κ3) is 2.70. The van der Waals surface area contributed by atoms with Crippen molar-refractivity contribution in [3.63, 3.8) is 0 Å². The van der Waals surface area contributed by atoms with Crippen molar-refractivity contribution in [1.82, 2.24) is 0 Å². The maximum atomic E-state index is 3.62. The minimum absolute atomic E-state index is 0. The van der Waals surface area contributed by atoms with Crippen LogP contribution in [0.5, 0.6) is 0 Å². The Morgan fingerprint density at radius 1 is 0.762 bits per heavy atom. The van der Waals surface area contributed by atoms with Crippen LogP contribution < -0.4 is 18.9 Å². The molecule has 0 radical (unpaired) electrons. The topological polar surface area (TPSA) is 0 Å². The van der Waals surface area contributed by atoms with Crippen molar-refractivity contribution in [2.24, 2.45) is 0 Å². The van der Waals surface area contributed by atoms with E-state index in [2.05, 4.69) is 72.8 Å². The van der Waals surface area contributed by atoms with Crippen LogP contribution in [0.15, 0.2) is 66.7 Å². The predicted molar refractivity (Wildman–Crippen MR) is 82.8 cm³/mol. The molecule has 0 atom stereocenters. The molecule has 0 amide bonds. The minimum atomic E-state index is 0. The van der Waals surface area contributed by atoms with E-state index in [0.29, 0.717) is 0 Å². The van der Waals surface area contributed by atoms with Crippen LogP contribution in [-0.2, 0) is 12.8 Å². The molecule has 0 spiro atoms. The molecule has 21 heavy (non-hydrogen) atoms. The Hall–Kier alpha value is -1.74. The first-order valence-corrected chi connectivity index (χ1v) is 7.06. The molecule has 3 aromatic rings. The van der Waals surface area contributed by atoms with E-state index in [-0.39, 0.29) is 18.9 Å². The first-order chi connectivity index (χ1) is 9.90. The molecule has 4 rings (SSSR count). The van der Waals surface area contributed by atoms with Crippen molar-refractivity contribution < 1.29 is 18.9 Å². The second-order valence-corrected chi connectivity index (χ2v) is 5.37. The van der Waals surface area contributed by atoms with Crippen molar-refractivity contribution in [2.75, 3.05) is 0 Å². The van der Waals surface area contributed by atoms with Crippen LogP contribution in [0.25, 0.3) is 11.1 Å². The summed E-state index contributed by atoms with van der Waals surface area (Å²) in [5, 5.41) is 0. The zero-order chi connectivity index (χ0) is 13.4. The Kier molecular flexibility index (Phi) is 4.02. The van der Waals surface area contributed by atoms with Crippen LogP contribution in [-0.4, -0.2) is 0 Å². The molecule has 96 valence electrons.